The summed E-state index contributed by atoms with van der Waals surface area (Å²) in [4.78, 5) is 9.65. The third kappa shape index (κ3) is 2.07. The predicted molar refractivity (Wildman–Crippen MR) is 30.0 cm³/mol. The molecule has 0 fully saturated rings. The molecule has 0 spiro atoms. The fourth-order valence-corrected chi connectivity index (χ4v) is 0.262. The van der Waals surface area contributed by atoms with E-state index in [-0.39, 0.29) is 0 Å². The van der Waals surface area contributed by atoms with Crippen molar-refractivity contribution in [1.29, 1.82) is 0 Å². The molecule has 0 saturated carbocycles. The number of hydrogen-bond donors (Lipinski definition) is 0. The van der Waals surface area contributed by atoms with Crippen LogP contribution in [0.25, 0.3) is 0 Å². The molecule has 0 saturated heterocycles. The summed E-state index contributed by atoms with van der Waals surface area (Å²) in [6.07, 6.45) is 2.37. The zero-order valence-electron chi connectivity index (χ0n) is 4.71. The van der Waals surface area contributed by atoms with Gasteiger partial charge < -0.3 is 0 Å². The van der Waals surface area contributed by atoms with Crippen molar-refractivity contribution >= 4 is 16.1 Å². The average molecular weight is 135 g/mol. The summed E-state index contributed by atoms with van der Waals surface area (Å²) < 4.78 is 20.6. The lowest BCUT2D eigenvalue weighted by molar-refractivity contribution is 0.549. The van der Waals surface area contributed by atoms with E-state index in [4.69, 9.17) is 0 Å². The van der Waals surface area contributed by atoms with Gasteiger partial charge in [0, 0.05) is 6.26 Å². The third-order valence-corrected chi connectivity index (χ3v) is 2.19. The first-order chi connectivity index (χ1) is 3.48. The molecule has 0 aliphatic rings. The van der Waals surface area contributed by atoms with Crippen molar-refractivity contribution in [1.82, 2.24) is 0 Å². The minimum atomic E-state index is -3.18. The summed E-state index contributed by atoms with van der Waals surface area (Å²) in [5.74, 6) is 0. The van der Waals surface area contributed by atoms with Crippen molar-refractivity contribution in [2.24, 2.45) is 0 Å². The number of rotatable bonds is 2. The Balaban J connectivity index is 4.26. The molecule has 1 unspecified atom stereocenters. The Hall–Kier alpha value is -0.380. The Morgan fingerprint density at radius 1 is 1.50 bits per heavy atom. The van der Waals surface area contributed by atoms with Gasteiger partial charge in [-0.3, -0.25) is 4.79 Å². The van der Waals surface area contributed by atoms with Gasteiger partial charge in [0.15, 0.2) is 9.84 Å². The van der Waals surface area contributed by atoms with Gasteiger partial charge >= 0.3 is 0 Å². The molecule has 4 heteroatoms. The Labute approximate surface area is 48.6 Å². The quantitative estimate of drug-likeness (QED) is 0.514. The maximum absolute atomic E-state index is 10.3. The fraction of sp³-hybridized carbons (Fsp3) is 0.750. The van der Waals surface area contributed by atoms with Gasteiger partial charge in [-0.2, -0.15) is 0 Å². The Morgan fingerprint density at radius 3 is 1.88 bits per heavy atom. The van der Waals surface area contributed by atoms with Crippen molar-refractivity contribution in [3.63, 3.8) is 0 Å². The van der Waals surface area contributed by atoms with Crippen LogP contribution in [-0.4, -0.2) is 26.2 Å². The first-order valence-corrected chi connectivity index (χ1v) is 4.00. The highest BCUT2D eigenvalue weighted by Crippen LogP contribution is 1.90. The maximum atomic E-state index is 10.3. The largest absolute Gasteiger partial charge is 0.289 e. The number of hydrogen-bond acceptors (Lipinski definition) is 3. The van der Waals surface area contributed by atoms with Gasteiger partial charge in [-0.25, -0.2) is 8.42 Å². The van der Waals surface area contributed by atoms with Crippen LogP contribution in [0, 0.1) is 0 Å². The molecule has 1 radical (unpaired) electrons. The van der Waals surface area contributed by atoms with Gasteiger partial charge in [-0.15, -0.1) is 0 Å². The van der Waals surface area contributed by atoms with Crippen LogP contribution in [-0.2, 0) is 14.6 Å². The zero-order valence-corrected chi connectivity index (χ0v) is 5.53. The second-order valence-electron chi connectivity index (χ2n) is 1.59. The van der Waals surface area contributed by atoms with E-state index in [0.29, 0.717) is 0 Å². The Kier molecular flexibility index (Phi) is 2.15. The van der Waals surface area contributed by atoms with Crippen LogP contribution in [0.3, 0.4) is 0 Å². The maximum Gasteiger partial charge on any atom is 0.217 e. The molecule has 0 bridgehead atoms. The lowest BCUT2D eigenvalue weighted by Gasteiger charge is -1.94. The molecule has 8 heavy (non-hydrogen) atoms. The van der Waals surface area contributed by atoms with Gasteiger partial charge in [0.2, 0.25) is 6.29 Å². The van der Waals surface area contributed by atoms with E-state index in [1.165, 1.54) is 13.2 Å². The lowest BCUT2D eigenvalue weighted by atomic mass is 10.5. The molecular formula is C4H7O3S. The summed E-state index contributed by atoms with van der Waals surface area (Å²) in [6, 6.07) is 0. The molecule has 0 N–H and O–H groups in total. The molecule has 0 aromatic rings. The lowest BCUT2D eigenvalue weighted by Crippen LogP contribution is -2.16. The van der Waals surface area contributed by atoms with Gasteiger partial charge in [0.05, 0.1) is 0 Å². The van der Waals surface area contributed by atoms with Gasteiger partial charge in [-0.05, 0) is 6.92 Å². The monoisotopic (exact) mass is 135 g/mol. The average Bonchev–Trinajstić information content (AvgIpc) is 1.62. The zero-order chi connectivity index (χ0) is 6.78. The number of carbonyl (C=O) groups excluding carboxylic acids is 1. The van der Waals surface area contributed by atoms with Crippen LogP contribution in [0.4, 0.5) is 0 Å². The summed E-state index contributed by atoms with van der Waals surface area (Å²) in [6.45, 7) is 1.29. The van der Waals surface area contributed by atoms with Crippen LogP contribution >= 0.6 is 0 Å². The first-order valence-electron chi connectivity index (χ1n) is 2.05. The normalized spacial score (nSPS) is 15.2. The minimum Gasteiger partial charge on any atom is -0.289 e. The first kappa shape index (κ1) is 7.62. The summed E-state index contributed by atoms with van der Waals surface area (Å²) in [7, 11) is -3.18. The molecule has 1 atom stereocenters. The van der Waals surface area contributed by atoms with Gasteiger partial charge in [0.25, 0.3) is 0 Å². The SMILES string of the molecule is CC([C]=O)S(C)(=O)=O. The van der Waals surface area contributed by atoms with Crippen LogP contribution in [0.1, 0.15) is 6.92 Å². The third-order valence-electron chi connectivity index (χ3n) is 0.808. The fourth-order valence-electron chi connectivity index (χ4n) is 0.0874. The van der Waals surface area contributed by atoms with E-state index in [0.717, 1.165) is 6.26 Å². The summed E-state index contributed by atoms with van der Waals surface area (Å²) >= 11 is 0. The van der Waals surface area contributed by atoms with Crippen LogP contribution in [0.5, 0.6) is 0 Å². The predicted octanol–water partition coefficient (Wildman–Crippen LogP) is -0.471. The minimum absolute atomic E-state index is 0.984. The van der Waals surface area contributed by atoms with Crippen LogP contribution in [0.2, 0.25) is 0 Å². The second-order valence-corrected chi connectivity index (χ2v) is 3.96. The Morgan fingerprint density at radius 2 is 1.88 bits per heavy atom. The molecule has 0 aromatic carbocycles. The van der Waals surface area contributed by atoms with Crippen molar-refractivity contribution in [2.75, 3.05) is 6.26 Å². The molecular weight excluding hydrogens is 128 g/mol. The molecule has 0 amide bonds. The van der Waals surface area contributed by atoms with Crippen molar-refractivity contribution < 1.29 is 13.2 Å². The van der Waals surface area contributed by atoms with Crippen LogP contribution in [0.15, 0.2) is 0 Å². The molecule has 0 rings (SSSR count). The van der Waals surface area contributed by atoms with Crippen molar-refractivity contribution in [3.05, 3.63) is 0 Å². The van der Waals surface area contributed by atoms with Crippen molar-refractivity contribution in [2.45, 2.75) is 12.2 Å². The Bertz CT molecular complexity index is 168. The highest BCUT2D eigenvalue weighted by molar-refractivity contribution is 7.91. The van der Waals surface area contributed by atoms with E-state index in [9.17, 15) is 13.2 Å². The number of sulfone groups is 1. The highest BCUT2D eigenvalue weighted by atomic mass is 32.2. The van der Waals surface area contributed by atoms with E-state index >= 15 is 0 Å². The van der Waals surface area contributed by atoms with Gasteiger partial charge in [0.1, 0.15) is 5.25 Å². The summed E-state index contributed by atoms with van der Waals surface area (Å²) in [5, 5.41) is -0.984. The smallest absolute Gasteiger partial charge is 0.217 e. The van der Waals surface area contributed by atoms with Crippen molar-refractivity contribution in [3.8, 4) is 0 Å². The molecule has 0 aliphatic carbocycles. The molecule has 0 heterocycles. The van der Waals surface area contributed by atoms with E-state index in [2.05, 4.69) is 0 Å². The second kappa shape index (κ2) is 2.26. The van der Waals surface area contributed by atoms with Gasteiger partial charge in [-0.1, -0.05) is 0 Å². The summed E-state index contributed by atoms with van der Waals surface area (Å²) in [5.41, 5.74) is 0. The standard InChI is InChI=1S/C4H7O3S/c1-4(3-5)8(2,6)7/h4H,1-2H3. The highest BCUT2D eigenvalue weighted by Gasteiger charge is 2.12. The van der Waals surface area contributed by atoms with Crippen LogP contribution < -0.4 is 0 Å². The molecule has 0 aliphatic heterocycles. The van der Waals surface area contributed by atoms with E-state index in [1.807, 2.05) is 0 Å². The topological polar surface area (TPSA) is 51.2 Å². The van der Waals surface area contributed by atoms with E-state index < -0.39 is 15.1 Å². The molecule has 3 nitrogen and oxygen atoms in total. The molecule has 0 aromatic heterocycles. The molecule has 47 valence electrons. The van der Waals surface area contributed by atoms with E-state index in [1.54, 1.807) is 0 Å².